The first-order valence-electron chi connectivity index (χ1n) is 8.26. The summed E-state index contributed by atoms with van der Waals surface area (Å²) in [5.74, 6) is 0.142. The second-order valence-electron chi connectivity index (χ2n) is 7.60. The quantitative estimate of drug-likeness (QED) is 0.829. The molecular formula is C18H27NO3S2. The summed E-state index contributed by atoms with van der Waals surface area (Å²) in [6, 6.07) is 6.14. The smallest absolute Gasteiger partial charge is 0.233 e. The van der Waals surface area contributed by atoms with E-state index < -0.39 is 9.84 Å². The van der Waals surface area contributed by atoms with E-state index in [1.807, 2.05) is 13.8 Å². The first-order chi connectivity index (χ1) is 11.0. The average molecular weight is 370 g/mol. The summed E-state index contributed by atoms with van der Waals surface area (Å²) in [4.78, 5) is 13.5. The van der Waals surface area contributed by atoms with Gasteiger partial charge in [0.05, 0.1) is 16.8 Å². The molecule has 0 aromatic heterocycles. The summed E-state index contributed by atoms with van der Waals surface area (Å²) < 4.78 is 23.0. The third-order valence-corrected chi connectivity index (χ3v) is 7.34. The molecule has 6 heteroatoms. The van der Waals surface area contributed by atoms with Crippen LogP contribution in [0.15, 0.2) is 23.1 Å². The normalized spacial score (nSPS) is 21.5. The van der Waals surface area contributed by atoms with E-state index in [2.05, 4.69) is 44.3 Å². The van der Waals surface area contributed by atoms with Crippen molar-refractivity contribution in [2.45, 2.75) is 62.6 Å². The molecule has 1 amide bonds. The lowest BCUT2D eigenvalue weighted by atomic mass is 9.87. The fraction of sp³-hybridized carbons (Fsp3) is 0.611. The number of benzene rings is 1. The van der Waals surface area contributed by atoms with Gasteiger partial charge in [0.15, 0.2) is 9.84 Å². The number of aryl methyl sites for hydroxylation is 1. The summed E-state index contributed by atoms with van der Waals surface area (Å²) in [6.45, 7) is 10.4. The molecule has 2 atom stereocenters. The second kappa shape index (κ2) is 7.08. The van der Waals surface area contributed by atoms with E-state index >= 15 is 0 Å². The van der Waals surface area contributed by atoms with E-state index in [4.69, 9.17) is 0 Å². The molecule has 1 fully saturated rings. The van der Waals surface area contributed by atoms with Gasteiger partial charge in [0, 0.05) is 10.9 Å². The number of carbonyl (C=O) groups is 1. The molecule has 24 heavy (non-hydrogen) atoms. The largest absolute Gasteiger partial charge is 0.351 e. The van der Waals surface area contributed by atoms with Gasteiger partial charge in [-0.25, -0.2) is 8.42 Å². The van der Waals surface area contributed by atoms with Crippen LogP contribution in [-0.2, 0) is 20.0 Å². The van der Waals surface area contributed by atoms with Gasteiger partial charge in [-0.3, -0.25) is 4.79 Å². The van der Waals surface area contributed by atoms with Gasteiger partial charge in [-0.05, 0) is 42.9 Å². The number of hydrogen-bond acceptors (Lipinski definition) is 4. The molecule has 1 aromatic rings. The Morgan fingerprint density at radius 1 is 1.33 bits per heavy atom. The van der Waals surface area contributed by atoms with Crippen molar-refractivity contribution in [1.29, 1.82) is 0 Å². The van der Waals surface area contributed by atoms with Gasteiger partial charge in [0.2, 0.25) is 5.91 Å². The summed E-state index contributed by atoms with van der Waals surface area (Å²) in [6.07, 6.45) is 0.518. The molecule has 0 radical (unpaired) electrons. The highest BCUT2D eigenvalue weighted by molar-refractivity contribution is 8.00. The van der Waals surface area contributed by atoms with E-state index in [9.17, 15) is 13.2 Å². The zero-order chi connectivity index (χ0) is 18.1. The third kappa shape index (κ3) is 4.99. The molecule has 1 aliphatic rings. The maximum Gasteiger partial charge on any atom is 0.233 e. The molecule has 1 saturated heterocycles. The Kier molecular flexibility index (Phi) is 5.70. The molecule has 134 valence electrons. The highest BCUT2D eigenvalue weighted by Crippen LogP contribution is 2.32. The average Bonchev–Trinajstić information content (AvgIpc) is 2.78. The van der Waals surface area contributed by atoms with Crippen molar-refractivity contribution in [2.24, 2.45) is 0 Å². The predicted octanol–water partition coefficient (Wildman–Crippen LogP) is 3.08. The molecule has 0 aliphatic carbocycles. The zero-order valence-corrected chi connectivity index (χ0v) is 16.7. The van der Waals surface area contributed by atoms with Gasteiger partial charge < -0.3 is 5.32 Å². The molecule has 1 aromatic carbocycles. The Labute approximate surface area is 149 Å². The van der Waals surface area contributed by atoms with Gasteiger partial charge in [-0.1, -0.05) is 32.9 Å². The van der Waals surface area contributed by atoms with Crippen molar-refractivity contribution in [3.8, 4) is 0 Å². The van der Waals surface area contributed by atoms with Crippen LogP contribution in [0.3, 0.4) is 0 Å². The summed E-state index contributed by atoms with van der Waals surface area (Å²) >= 11 is 1.53. The highest BCUT2D eigenvalue weighted by Gasteiger charge is 2.30. The van der Waals surface area contributed by atoms with E-state index in [1.165, 1.54) is 17.3 Å². The van der Waals surface area contributed by atoms with E-state index in [-0.39, 0.29) is 34.1 Å². The number of carbonyl (C=O) groups excluding carboxylic acids is 1. The third-order valence-electron chi connectivity index (χ3n) is 4.31. The van der Waals surface area contributed by atoms with Crippen LogP contribution in [0.2, 0.25) is 0 Å². The molecule has 2 rings (SSSR count). The van der Waals surface area contributed by atoms with Gasteiger partial charge in [-0.2, -0.15) is 0 Å². The van der Waals surface area contributed by atoms with E-state index in [0.717, 1.165) is 10.5 Å². The van der Waals surface area contributed by atoms with Crippen LogP contribution in [-0.4, -0.2) is 37.1 Å². The molecule has 1 heterocycles. The molecule has 4 nitrogen and oxygen atoms in total. The zero-order valence-electron chi connectivity index (χ0n) is 15.0. The topological polar surface area (TPSA) is 63.2 Å². The van der Waals surface area contributed by atoms with Gasteiger partial charge in [0.1, 0.15) is 0 Å². The fourth-order valence-electron chi connectivity index (χ4n) is 2.66. The van der Waals surface area contributed by atoms with Gasteiger partial charge in [-0.15, -0.1) is 11.8 Å². The fourth-order valence-corrected chi connectivity index (χ4v) is 5.34. The van der Waals surface area contributed by atoms with Gasteiger partial charge >= 0.3 is 0 Å². The minimum absolute atomic E-state index is 0.0622. The highest BCUT2D eigenvalue weighted by atomic mass is 32.2. The Morgan fingerprint density at radius 3 is 2.54 bits per heavy atom. The van der Waals surface area contributed by atoms with Crippen molar-refractivity contribution in [1.82, 2.24) is 5.32 Å². The van der Waals surface area contributed by atoms with E-state index in [0.29, 0.717) is 6.42 Å². The first kappa shape index (κ1) is 19.3. The van der Waals surface area contributed by atoms with Crippen LogP contribution in [0, 0.1) is 6.92 Å². The summed E-state index contributed by atoms with van der Waals surface area (Å²) in [7, 11) is -2.98. The van der Waals surface area contributed by atoms with E-state index in [1.54, 1.807) is 0 Å². The summed E-state index contributed by atoms with van der Waals surface area (Å²) in [5.41, 5.74) is 2.45. The van der Waals surface area contributed by atoms with Crippen molar-refractivity contribution in [2.75, 3.05) is 11.5 Å². The predicted molar refractivity (Wildman–Crippen MR) is 100 cm³/mol. The van der Waals surface area contributed by atoms with Crippen LogP contribution in [0.1, 0.15) is 45.2 Å². The van der Waals surface area contributed by atoms with Crippen molar-refractivity contribution in [3.63, 3.8) is 0 Å². The number of rotatable bonds is 4. The minimum atomic E-state index is -2.98. The van der Waals surface area contributed by atoms with Gasteiger partial charge in [0.25, 0.3) is 0 Å². The second-order valence-corrected chi connectivity index (χ2v) is 11.2. The number of hydrogen-bond donors (Lipinski definition) is 1. The lowest BCUT2D eigenvalue weighted by Crippen LogP contribution is -2.39. The molecule has 1 aliphatic heterocycles. The van der Waals surface area contributed by atoms with Crippen LogP contribution < -0.4 is 5.32 Å². The molecular weight excluding hydrogens is 342 g/mol. The molecule has 0 bridgehead atoms. The minimum Gasteiger partial charge on any atom is -0.351 e. The van der Waals surface area contributed by atoms with Crippen molar-refractivity contribution in [3.05, 3.63) is 29.3 Å². The van der Waals surface area contributed by atoms with Crippen molar-refractivity contribution >= 4 is 27.5 Å². The maximum atomic E-state index is 12.4. The lowest BCUT2D eigenvalue weighted by molar-refractivity contribution is -0.120. The molecule has 1 N–H and O–H groups in total. The number of nitrogens with one attached hydrogen (secondary N) is 1. The number of thioether (sulfide) groups is 1. The van der Waals surface area contributed by atoms with Crippen LogP contribution in [0.25, 0.3) is 0 Å². The van der Waals surface area contributed by atoms with Crippen molar-refractivity contribution < 1.29 is 13.2 Å². The Hall–Kier alpha value is -1.01. The van der Waals surface area contributed by atoms with Crippen LogP contribution in [0.5, 0.6) is 0 Å². The molecule has 0 spiro atoms. The maximum absolute atomic E-state index is 12.4. The number of sulfone groups is 1. The lowest BCUT2D eigenvalue weighted by Gasteiger charge is -2.22. The monoisotopic (exact) mass is 369 g/mol. The molecule has 0 saturated carbocycles. The standard InChI is InChI=1S/C18H27NO3S2/c1-12-6-7-14(18(3,4)5)10-16(12)23-13(2)17(20)19-15-8-9-24(21,22)11-15/h6-7,10,13,15H,8-9,11H2,1-5H3,(H,19,20). The van der Waals surface area contributed by atoms with Crippen LogP contribution >= 0.6 is 11.8 Å². The molecule has 2 unspecified atom stereocenters. The Bertz CT molecular complexity index is 720. The van der Waals surface area contributed by atoms with Crippen LogP contribution in [0.4, 0.5) is 0 Å². The Morgan fingerprint density at radius 2 is 2.00 bits per heavy atom. The Balaban J connectivity index is 2.04. The summed E-state index contributed by atoms with van der Waals surface area (Å²) in [5, 5.41) is 2.62. The first-order valence-corrected chi connectivity index (χ1v) is 11.0. The SMILES string of the molecule is Cc1ccc(C(C)(C)C)cc1SC(C)C(=O)NC1CCS(=O)(=O)C1. The number of amides is 1.